The van der Waals surface area contributed by atoms with Crippen LogP contribution in [0.1, 0.15) is 18.4 Å². The van der Waals surface area contributed by atoms with Gasteiger partial charge in [0.05, 0.1) is 16.3 Å². The zero-order chi connectivity index (χ0) is 22.0. The van der Waals surface area contributed by atoms with Crippen LogP contribution in [-0.2, 0) is 21.2 Å². The van der Waals surface area contributed by atoms with Crippen LogP contribution in [0.25, 0.3) is 10.2 Å². The van der Waals surface area contributed by atoms with Crippen LogP contribution in [-0.4, -0.2) is 38.9 Å². The number of piperidine rings is 1. The third-order valence-corrected chi connectivity index (χ3v) is 8.14. The van der Waals surface area contributed by atoms with E-state index in [9.17, 15) is 18.0 Å². The molecule has 1 amide bonds. The standard InChI is InChI=1S/C20H22N4O4S3/c21-31(27,28)15-5-3-13(4-6-15)7-9-22-18(25)14-2-1-10-24(12-14)20-23-16-8-11-29-17(16)19(26)30-20/h3-6,8,11,14H,1-2,7,9-10,12H2,(H,22,25)(H2,21,27,28)/t14-/m0/s1. The van der Waals surface area contributed by atoms with Gasteiger partial charge in [0.1, 0.15) is 4.70 Å². The Labute approximate surface area is 187 Å². The number of sulfonamides is 1. The third kappa shape index (κ3) is 5.12. The summed E-state index contributed by atoms with van der Waals surface area (Å²) in [4.78, 5) is 31.7. The molecule has 1 atom stereocenters. The first-order valence-electron chi connectivity index (χ1n) is 9.84. The maximum atomic E-state index is 12.7. The molecule has 0 aliphatic carbocycles. The number of hydrogen-bond donors (Lipinski definition) is 2. The SMILES string of the molecule is NS(=O)(=O)c1ccc(CCNC(=O)[C@H]2CCCN(c3nc4ccsc4c(=O)s3)C2)cc1. The lowest BCUT2D eigenvalue weighted by atomic mass is 9.97. The highest BCUT2D eigenvalue weighted by atomic mass is 32.2. The van der Waals surface area contributed by atoms with Crippen molar-refractivity contribution in [1.29, 1.82) is 0 Å². The molecule has 11 heteroatoms. The average Bonchev–Trinajstić information content (AvgIpc) is 3.23. The van der Waals surface area contributed by atoms with Crippen molar-refractivity contribution in [3.05, 3.63) is 50.8 Å². The first-order valence-corrected chi connectivity index (χ1v) is 13.1. The van der Waals surface area contributed by atoms with Crippen LogP contribution < -0.4 is 20.1 Å². The number of thiophene rings is 1. The molecule has 164 valence electrons. The summed E-state index contributed by atoms with van der Waals surface area (Å²) >= 11 is 2.54. The molecule has 0 saturated carbocycles. The minimum atomic E-state index is -3.71. The molecule has 1 aromatic carbocycles. The van der Waals surface area contributed by atoms with Crippen molar-refractivity contribution in [2.75, 3.05) is 24.5 Å². The van der Waals surface area contributed by atoms with E-state index < -0.39 is 10.0 Å². The first-order chi connectivity index (χ1) is 14.8. The zero-order valence-corrected chi connectivity index (χ0v) is 19.1. The van der Waals surface area contributed by atoms with Crippen LogP contribution in [0.3, 0.4) is 0 Å². The molecule has 1 fully saturated rings. The number of carbonyl (C=O) groups is 1. The predicted octanol–water partition coefficient (Wildman–Crippen LogP) is 1.94. The van der Waals surface area contributed by atoms with E-state index in [0.717, 1.165) is 36.3 Å². The van der Waals surface area contributed by atoms with Crippen molar-refractivity contribution >= 4 is 54.0 Å². The van der Waals surface area contributed by atoms with E-state index in [1.165, 1.54) is 23.5 Å². The quantitative estimate of drug-likeness (QED) is 0.558. The number of nitrogens with one attached hydrogen (secondary N) is 1. The Morgan fingerprint density at radius 1 is 1.26 bits per heavy atom. The summed E-state index contributed by atoms with van der Waals surface area (Å²) < 4.78 is 23.3. The van der Waals surface area contributed by atoms with Gasteiger partial charge in [-0.25, -0.2) is 18.5 Å². The fraction of sp³-hybridized carbons (Fsp3) is 0.350. The minimum Gasteiger partial charge on any atom is -0.355 e. The smallest absolute Gasteiger partial charge is 0.255 e. The van der Waals surface area contributed by atoms with E-state index in [0.29, 0.717) is 34.9 Å². The Hall–Kier alpha value is -2.34. The van der Waals surface area contributed by atoms with E-state index in [1.807, 2.05) is 16.3 Å². The molecule has 0 spiro atoms. The summed E-state index contributed by atoms with van der Waals surface area (Å²) in [5.74, 6) is -0.185. The summed E-state index contributed by atoms with van der Waals surface area (Å²) in [6, 6.07) is 8.18. The maximum absolute atomic E-state index is 12.7. The molecule has 1 aliphatic heterocycles. The monoisotopic (exact) mass is 478 g/mol. The highest BCUT2D eigenvalue weighted by molar-refractivity contribution is 7.89. The van der Waals surface area contributed by atoms with Gasteiger partial charge in [0, 0.05) is 19.6 Å². The average molecular weight is 479 g/mol. The Bertz CT molecular complexity index is 1250. The fourth-order valence-corrected chi connectivity index (χ4v) is 5.87. The van der Waals surface area contributed by atoms with Crippen LogP contribution in [0.2, 0.25) is 0 Å². The number of aromatic nitrogens is 1. The number of nitrogens with zero attached hydrogens (tertiary/aromatic N) is 2. The van der Waals surface area contributed by atoms with Crippen LogP contribution in [0, 0.1) is 5.92 Å². The molecule has 0 bridgehead atoms. The number of carbonyl (C=O) groups excluding carboxylic acids is 1. The second-order valence-electron chi connectivity index (χ2n) is 7.43. The summed E-state index contributed by atoms with van der Waals surface area (Å²) in [6.45, 7) is 1.77. The molecule has 0 radical (unpaired) electrons. The van der Waals surface area contributed by atoms with Gasteiger partial charge in [-0.3, -0.25) is 9.59 Å². The highest BCUT2D eigenvalue weighted by Gasteiger charge is 2.27. The van der Waals surface area contributed by atoms with Gasteiger partial charge in [-0.1, -0.05) is 23.5 Å². The molecule has 1 aliphatic rings. The minimum absolute atomic E-state index is 0.00929. The van der Waals surface area contributed by atoms with Gasteiger partial charge in [-0.15, -0.1) is 11.3 Å². The lowest BCUT2D eigenvalue weighted by molar-refractivity contribution is -0.125. The number of nitrogens with two attached hydrogens (primary N) is 1. The molecule has 0 unspecified atom stereocenters. The summed E-state index contributed by atoms with van der Waals surface area (Å²) in [7, 11) is -3.71. The largest absolute Gasteiger partial charge is 0.355 e. The molecule has 3 aromatic rings. The summed E-state index contributed by atoms with van der Waals surface area (Å²) in [5.41, 5.74) is 1.62. The maximum Gasteiger partial charge on any atom is 0.255 e. The molecule has 3 N–H and O–H groups in total. The predicted molar refractivity (Wildman–Crippen MR) is 123 cm³/mol. The Kier molecular flexibility index (Phi) is 6.37. The summed E-state index contributed by atoms with van der Waals surface area (Å²) in [6.07, 6.45) is 2.24. The van der Waals surface area contributed by atoms with E-state index in [2.05, 4.69) is 10.3 Å². The van der Waals surface area contributed by atoms with Crippen LogP contribution in [0.4, 0.5) is 5.13 Å². The van der Waals surface area contributed by atoms with Crippen molar-refractivity contribution in [1.82, 2.24) is 10.3 Å². The van der Waals surface area contributed by atoms with E-state index >= 15 is 0 Å². The van der Waals surface area contributed by atoms with Crippen molar-refractivity contribution in [2.24, 2.45) is 11.1 Å². The molecule has 8 nitrogen and oxygen atoms in total. The molecule has 31 heavy (non-hydrogen) atoms. The second kappa shape index (κ2) is 9.03. The van der Waals surface area contributed by atoms with Crippen molar-refractivity contribution in [2.45, 2.75) is 24.2 Å². The number of rotatable bonds is 6. The normalized spacial score (nSPS) is 17.1. The third-order valence-electron chi connectivity index (χ3n) is 5.26. The highest BCUT2D eigenvalue weighted by Crippen LogP contribution is 2.26. The zero-order valence-electron chi connectivity index (χ0n) is 16.6. The van der Waals surface area contributed by atoms with Gasteiger partial charge < -0.3 is 10.2 Å². The van der Waals surface area contributed by atoms with E-state index in [4.69, 9.17) is 5.14 Å². The van der Waals surface area contributed by atoms with Crippen LogP contribution in [0.5, 0.6) is 0 Å². The molecular formula is C20H22N4O4S3. The second-order valence-corrected chi connectivity index (χ2v) is 10.9. The number of benzene rings is 1. The van der Waals surface area contributed by atoms with Crippen LogP contribution in [0.15, 0.2) is 45.4 Å². The Morgan fingerprint density at radius 2 is 2.03 bits per heavy atom. The van der Waals surface area contributed by atoms with Crippen molar-refractivity contribution in [3.63, 3.8) is 0 Å². The number of anilines is 1. The van der Waals surface area contributed by atoms with Crippen LogP contribution >= 0.6 is 22.7 Å². The van der Waals surface area contributed by atoms with Gasteiger partial charge in [-0.05, 0) is 48.4 Å². The molecule has 3 heterocycles. The number of hydrogen-bond acceptors (Lipinski definition) is 8. The van der Waals surface area contributed by atoms with Gasteiger partial charge >= 0.3 is 0 Å². The van der Waals surface area contributed by atoms with Crippen molar-refractivity contribution < 1.29 is 13.2 Å². The molecule has 2 aromatic heterocycles. The van der Waals surface area contributed by atoms with E-state index in [1.54, 1.807) is 12.1 Å². The Morgan fingerprint density at radius 3 is 2.77 bits per heavy atom. The topological polar surface area (TPSA) is 122 Å². The lowest BCUT2D eigenvalue weighted by Gasteiger charge is -2.32. The number of fused-ring (bicyclic) bond motifs is 1. The van der Waals surface area contributed by atoms with Gasteiger partial charge in [0.2, 0.25) is 15.9 Å². The Balaban J connectivity index is 1.34. The molecular weight excluding hydrogens is 456 g/mol. The molecule has 1 saturated heterocycles. The van der Waals surface area contributed by atoms with Gasteiger partial charge in [-0.2, -0.15) is 0 Å². The number of primary sulfonamides is 1. The number of amides is 1. The van der Waals surface area contributed by atoms with E-state index in [-0.39, 0.29) is 21.5 Å². The lowest BCUT2D eigenvalue weighted by Crippen LogP contribution is -2.43. The first kappa shape index (κ1) is 21.9. The van der Waals surface area contributed by atoms with Crippen molar-refractivity contribution in [3.8, 4) is 0 Å². The fourth-order valence-electron chi connectivity index (χ4n) is 3.62. The summed E-state index contributed by atoms with van der Waals surface area (Å²) in [5, 5.41) is 10.6. The van der Waals surface area contributed by atoms with Gasteiger partial charge in [0.15, 0.2) is 5.13 Å². The van der Waals surface area contributed by atoms with Gasteiger partial charge in [0.25, 0.3) is 4.74 Å². The molecule has 4 rings (SSSR count).